The molecule has 6 heteroatoms. The van der Waals surface area contributed by atoms with Gasteiger partial charge in [0.1, 0.15) is 6.04 Å². The van der Waals surface area contributed by atoms with Gasteiger partial charge in [0.25, 0.3) is 0 Å². The lowest BCUT2D eigenvalue weighted by Gasteiger charge is -2.22. The van der Waals surface area contributed by atoms with Crippen molar-refractivity contribution in [2.75, 3.05) is 26.8 Å². The fourth-order valence-corrected chi connectivity index (χ4v) is 1.40. The summed E-state index contributed by atoms with van der Waals surface area (Å²) < 4.78 is 5.13. The summed E-state index contributed by atoms with van der Waals surface area (Å²) in [5.74, 6) is -0.796. The van der Waals surface area contributed by atoms with E-state index in [4.69, 9.17) is 9.84 Å². The summed E-state index contributed by atoms with van der Waals surface area (Å²) in [5, 5.41) is 11.5. The monoisotopic (exact) mass is 260 g/mol. The maximum absolute atomic E-state index is 11.7. The van der Waals surface area contributed by atoms with E-state index in [0.29, 0.717) is 26.2 Å². The van der Waals surface area contributed by atoms with Gasteiger partial charge in [-0.05, 0) is 19.3 Å². The van der Waals surface area contributed by atoms with E-state index in [1.54, 1.807) is 7.05 Å². The van der Waals surface area contributed by atoms with E-state index in [0.717, 1.165) is 0 Å². The Labute approximate surface area is 108 Å². The number of carboxylic acids is 1. The first-order chi connectivity index (χ1) is 8.38. The first kappa shape index (κ1) is 16.7. The van der Waals surface area contributed by atoms with Crippen LogP contribution in [0.3, 0.4) is 0 Å². The number of likely N-dealkylation sites (N-methyl/N-ethyl adjacent to an activating group) is 1. The summed E-state index contributed by atoms with van der Waals surface area (Å²) in [6, 6.07) is -1.23. The molecular weight excluding hydrogens is 236 g/mol. The van der Waals surface area contributed by atoms with Crippen LogP contribution in [0.5, 0.6) is 0 Å². The van der Waals surface area contributed by atoms with Gasteiger partial charge in [0.2, 0.25) is 0 Å². The van der Waals surface area contributed by atoms with Gasteiger partial charge in [0.15, 0.2) is 0 Å². The van der Waals surface area contributed by atoms with Crippen molar-refractivity contribution in [2.45, 2.75) is 33.2 Å². The third kappa shape index (κ3) is 7.11. The van der Waals surface area contributed by atoms with Crippen LogP contribution in [0.15, 0.2) is 0 Å². The minimum absolute atomic E-state index is 0.208. The van der Waals surface area contributed by atoms with E-state index in [1.807, 2.05) is 20.8 Å². The molecule has 106 valence electrons. The van der Waals surface area contributed by atoms with Gasteiger partial charge in [-0.25, -0.2) is 9.59 Å². The number of carbonyl (C=O) groups is 2. The van der Waals surface area contributed by atoms with E-state index in [-0.39, 0.29) is 11.9 Å². The molecule has 0 heterocycles. The number of carboxylic acid groups (broad SMARTS) is 1. The average molecular weight is 260 g/mol. The van der Waals surface area contributed by atoms with Crippen LogP contribution in [-0.2, 0) is 9.53 Å². The quantitative estimate of drug-likeness (QED) is 0.642. The maximum atomic E-state index is 11.7. The summed E-state index contributed by atoms with van der Waals surface area (Å²) in [6.07, 6.45) is 0.417. The highest BCUT2D eigenvalue weighted by molar-refractivity contribution is 5.82. The van der Waals surface area contributed by atoms with Gasteiger partial charge < -0.3 is 20.1 Å². The van der Waals surface area contributed by atoms with Crippen LogP contribution in [0, 0.1) is 5.92 Å². The van der Waals surface area contributed by atoms with Crippen molar-refractivity contribution in [3.63, 3.8) is 0 Å². The number of hydrogen-bond donors (Lipinski definition) is 2. The Morgan fingerprint density at radius 2 is 2.00 bits per heavy atom. The van der Waals surface area contributed by atoms with Gasteiger partial charge >= 0.3 is 12.0 Å². The van der Waals surface area contributed by atoms with E-state index in [2.05, 4.69) is 5.32 Å². The highest BCUT2D eigenvalue weighted by Crippen LogP contribution is 2.05. The number of amides is 2. The number of urea groups is 1. The lowest BCUT2D eigenvalue weighted by Crippen LogP contribution is -2.47. The predicted octanol–water partition coefficient (Wildman–Crippen LogP) is 1.16. The van der Waals surface area contributed by atoms with Gasteiger partial charge in [-0.1, -0.05) is 13.8 Å². The normalized spacial score (nSPS) is 12.3. The minimum Gasteiger partial charge on any atom is -0.480 e. The molecule has 0 aliphatic heterocycles. The number of rotatable bonds is 8. The van der Waals surface area contributed by atoms with Crippen LogP contribution in [0.4, 0.5) is 4.79 Å². The van der Waals surface area contributed by atoms with Gasteiger partial charge in [-0.2, -0.15) is 0 Å². The minimum atomic E-state index is -1.00. The second-order valence-corrected chi connectivity index (χ2v) is 4.59. The molecule has 1 unspecified atom stereocenters. The maximum Gasteiger partial charge on any atom is 0.326 e. The second-order valence-electron chi connectivity index (χ2n) is 4.59. The van der Waals surface area contributed by atoms with E-state index < -0.39 is 12.0 Å². The van der Waals surface area contributed by atoms with Gasteiger partial charge in [-0.15, -0.1) is 0 Å². The van der Waals surface area contributed by atoms with Crippen molar-refractivity contribution in [3.05, 3.63) is 0 Å². The van der Waals surface area contributed by atoms with Crippen LogP contribution in [0.1, 0.15) is 27.2 Å². The molecule has 0 bridgehead atoms. The topological polar surface area (TPSA) is 78.9 Å². The number of nitrogens with zero attached hydrogens (tertiary/aromatic N) is 1. The molecule has 2 N–H and O–H groups in total. The van der Waals surface area contributed by atoms with Gasteiger partial charge in [0, 0.05) is 20.2 Å². The van der Waals surface area contributed by atoms with Crippen LogP contribution in [0.2, 0.25) is 0 Å². The molecule has 0 aliphatic carbocycles. The molecule has 0 saturated heterocycles. The summed E-state index contributed by atoms with van der Waals surface area (Å²) in [6.45, 7) is 7.20. The molecule has 18 heavy (non-hydrogen) atoms. The number of aliphatic carboxylic acids is 1. The summed E-state index contributed by atoms with van der Waals surface area (Å²) in [7, 11) is 1.61. The van der Waals surface area contributed by atoms with Gasteiger partial charge in [-0.3, -0.25) is 0 Å². The second kappa shape index (κ2) is 8.74. The first-order valence-corrected chi connectivity index (χ1v) is 6.20. The number of hydrogen-bond acceptors (Lipinski definition) is 3. The number of carbonyl (C=O) groups excluding carboxylic acids is 1. The zero-order valence-corrected chi connectivity index (χ0v) is 11.6. The van der Waals surface area contributed by atoms with Crippen molar-refractivity contribution in [3.8, 4) is 0 Å². The first-order valence-electron chi connectivity index (χ1n) is 6.20. The third-order valence-electron chi connectivity index (χ3n) is 2.42. The molecule has 2 amide bonds. The largest absolute Gasteiger partial charge is 0.480 e. The Kier molecular flexibility index (Phi) is 8.11. The zero-order chi connectivity index (χ0) is 14.1. The van der Waals surface area contributed by atoms with Crippen molar-refractivity contribution in [1.82, 2.24) is 10.2 Å². The molecule has 0 saturated carbocycles. The number of ether oxygens (including phenoxy) is 1. The van der Waals surface area contributed by atoms with Crippen LogP contribution in [-0.4, -0.2) is 54.9 Å². The molecule has 0 rings (SSSR count). The third-order valence-corrected chi connectivity index (χ3v) is 2.42. The predicted molar refractivity (Wildman–Crippen MR) is 68.5 cm³/mol. The van der Waals surface area contributed by atoms with Crippen LogP contribution >= 0.6 is 0 Å². The molecule has 1 atom stereocenters. The molecule has 0 aliphatic rings. The average Bonchev–Trinajstić information content (AvgIpc) is 2.27. The van der Waals surface area contributed by atoms with Crippen LogP contribution in [0.25, 0.3) is 0 Å². The van der Waals surface area contributed by atoms with Crippen molar-refractivity contribution < 1.29 is 19.4 Å². The molecule has 0 aromatic carbocycles. The van der Waals surface area contributed by atoms with E-state index in [9.17, 15) is 9.59 Å². The van der Waals surface area contributed by atoms with Crippen LogP contribution < -0.4 is 5.32 Å². The molecule has 6 nitrogen and oxygen atoms in total. The molecule has 0 spiro atoms. The lowest BCUT2D eigenvalue weighted by molar-refractivity contribution is -0.139. The zero-order valence-electron chi connectivity index (χ0n) is 11.6. The van der Waals surface area contributed by atoms with E-state index in [1.165, 1.54) is 4.90 Å². The Morgan fingerprint density at radius 3 is 2.44 bits per heavy atom. The highest BCUT2D eigenvalue weighted by Gasteiger charge is 2.22. The Balaban J connectivity index is 4.19. The fraction of sp³-hybridized carbons (Fsp3) is 0.833. The van der Waals surface area contributed by atoms with E-state index >= 15 is 0 Å². The van der Waals surface area contributed by atoms with Crippen molar-refractivity contribution >= 4 is 12.0 Å². The number of nitrogens with one attached hydrogen (secondary N) is 1. The Bertz CT molecular complexity index is 269. The summed E-state index contributed by atoms with van der Waals surface area (Å²) >= 11 is 0. The smallest absolute Gasteiger partial charge is 0.326 e. The molecule has 0 aromatic heterocycles. The Morgan fingerprint density at radius 1 is 1.39 bits per heavy atom. The van der Waals surface area contributed by atoms with Crippen molar-refractivity contribution in [2.24, 2.45) is 5.92 Å². The Hall–Kier alpha value is -1.30. The van der Waals surface area contributed by atoms with Crippen molar-refractivity contribution in [1.29, 1.82) is 0 Å². The lowest BCUT2D eigenvalue weighted by atomic mass is 10.0. The van der Waals surface area contributed by atoms with Gasteiger partial charge in [0.05, 0.1) is 6.61 Å². The fourth-order valence-electron chi connectivity index (χ4n) is 1.40. The molecular formula is C12H24N2O4. The summed E-state index contributed by atoms with van der Waals surface area (Å²) in [5.41, 5.74) is 0. The SMILES string of the molecule is CCOCCN(C)C(=O)NC(CC(C)C)C(=O)O. The molecule has 0 aromatic rings. The molecule has 0 fully saturated rings. The standard InChI is InChI=1S/C12H24N2O4/c1-5-18-7-6-14(4)12(17)13-10(11(15)16)8-9(2)3/h9-10H,5-8H2,1-4H3,(H,13,17)(H,15,16). The summed E-state index contributed by atoms with van der Waals surface area (Å²) in [4.78, 5) is 24.1. The molecule has 0 radical (unpaired) electrons. The highest BCUT2D eigenvalue weighted by atomic mass is 16.5.